The van der Waals surface area contributed by atoms with E-state index in [4.69, 9.17) is 9.84 Å². The average molecular weight is 359 g/mol. The van der Waals surface area contributed by atoms with Crippen LogP contribution in [0.15, 0.2) is 29.2 Å². The Morgan fingerprint density at radius 1 is 1.21 bits per heavy atom. The summed E-state index contributed by atoms with van der Waals surface area (Å²) < 4.78 is 36.7. The van der Waals surface area contributed by atoms with Crippen molar-refractivity contribution in [1.82, 2.24) is 4.72 Å². The number of benzene rings is 1. The Balaban J connectivity index is 2.76. The maximum absolute atomic E-state index is 12.3. The minimum atomic E-state index is -3.81. The summed E-state index contributed by atoms with van der Waals surface area (Å²) in [7, 11) is -2.57. The quantitative estimate of drug-likeness (QED) is 0.635. The first-order valence-electron chi connectivity index (χ1n) is 7.11. The van der Waals surface area contributed by atoms with Crippen LogP contribution < -0.4 is 9.46 Å². The zero-order valence-electron chi connectivity index (χ0n) is 13.7. The second-order valence-corrected chi connectivity index (χ2v) is 7.40. The standard InChI is InChI=1S/C15H21NO7S/c1-15(2,9-8-13(17)18)16-24(20,21)12-6-4-11(5-7-12)23-10-14(19)22-3/h4-7,16H,8-10H2,1-3H3,(H,17,18). The number of carbonyl (C=O) groups is 2. The van der Waals surface area contributed by atoms with Gasteiger partial charge in [-0.3, -0.25) is 4.79 Å². The zero-order valence-corrected chi connectivity index (χ0v) is 14.6. The lowest BCUT2D eigenvalue weighted by molar-refractivity contribution is -0.143. The molecule has 0 spiro atoms. The molecule has 0 saturated heterocycles. The van der Waals surface area contributed by atoms with Crippen molar-refractivity contribution >= 4 is 22.0 Å². The normalized spacial score (nSPS) is 11.8. The van der Waals surface area contributed by atoms with Gasteiger partial charge in [0.05, 0.1) is 12.0 Å². The fourth-order valence-corrected chi connectivity index (χ4v) is 3.25. The van der Waals surface area contributed by atoms with E-state index in [0.717, 1.165) is 0 Å². The van der Waals surface area contributed by atoms with Crippen LogP contribution in [-0.2, 0) is 24.3 Å². The van der Waals surface area contributed by atoms with Crippen molar-refractivity contribution in [3.63, 3.8) is 0 Å². The number of ether oxygens (including phenoxy) is 2. The molecule has 0 heterocycles. The van der Waals surface area contributed by atoms with Crippen LogP contribution in [0.1, 0.15) is 26.7 Å². The number of carboxylic acids is 1. The maximum atomic E-state index is 12.3. The first-order chi connectivity index (χ1) is 11.1. The minimum Gasteiger partial charge on any atom is -0.482 e. The molecular weight excluding hydrogens is 338 g/mol. The van der Waals surface area contributed by atoms with Crippen LogP contribution >= 0.6 is 0 Å². The highest BCUT2D eigenvalue weighted by molar-refractivity contribution is 7.89. The van der Waals surface area contributed by atoms with E-state index in [0.29, 0.717) is 5.75 Å². The van der Waals surface area contributed by atoms with E-state index in [2.05, 4.69) is 9.46 Å². The molecule has 0 saturated carbocycles. The number of esters is 1. The Labute approximate surface area is 140 Å². The van der Waals surface area contributed by atoms with Gasteiger partial charge in [-0.1, -0.05) is 0 Å². The van der Waals surface area contributed by atoms with E-state index < -0.39 is 27.5 Å². The molecule has 0 bridgehead atoms. The van der Waals surface area contributed by atoms with Crippen molar-refractivity contribution in [1.29, 1.82) is 0 Å². The number of hydrogen-bond acceptors (Lipinski definition) is 6. The molecule has 1 aromatic rings. The van der Waals surface area contributed by atoms with Crippen LogP contribution in [0.25, 0.3) is 0 Å². The molecule has 0 radical (unpaired) electrons. The number of nitrogens with one attached hydrogen (secondary N) is 1. The van der Waals surface area contributed by atoms with Crippen LogP contribution in [0, 0.1) is 0 Å². The van der Waals surface area contributed by atoms with Crippen molar-refractivity contribution in [2.75, 3.05) is 13.7 Å². The van der Waals surface area contributed by atoms with E-state index in [9.17, 15) is 18.0 Å². The van der Waals surface area contributed by atoms with Gasteiger partial charge in [-0.25, -0.2) is 17.9 Å². The highest BCUT2D eigenvalue weighted by Gasteiger charge is 2.26. The molecule has 2 N–H and O–H groups in total. The van der Waals surface area contributed by atoms with Gasteiger partial charge in [-0.15, -0.1) is 0 Å². The predicted molar refractivity (Wildman–Crippen MR) is 85.2 cm³/mol. The van der Waals surface area contributed by atoms with E-state index in [1.165, 1.54) is 31.4 Å². The summed E-state index contributed by atoms with van der Waals surface area (Å²) in [6, 6.07) is 5.51. The van der Waals surface area contributed by atoms with Crippen LogP contribution in [-0.4, -0.2) is 44.7 Å². The van der Waals surface area contributed by atoms with Crippen LogP contribution in [0.5, 0.6) is 5.75 Å². The fraction of sp³-hybridized carbons (Fsp3) is 0.467. The SMILES string of the molecule is COC(=O)COc1ccc(S(=O)(=O)NC(C)(C)CCC(=O)O)cc1. The molecule has 9 heteroatoms. The van der Waals surface area contributed by atoms with Gasteiger partial charge in [0.15, 0.2) is 6.61 Å². The molecule has 0 atom stereocenters. The fourth-order valence-electron chi connectivity index (χ4n) is 1.81. The van der Waals surface area contributed by atoms with Crippen molar-refractivity contribution in [2.45, 2.75) is 37.1 Å². The average Bonchev–Trinajstić information content (AvgIpc) is 2.50. The van der Waals surface area contributed by atoms with Crippen LogP contribution in [0.4, 0.5) is 0 Å². The van der Waals surface area contributed by atoms with Crippen molar-refractivity contribution < 1.29 is 32.6 Å². The smallest absolute Gasteiger partial charge is 0.343 e. The molecule has 0 aliphatic rings. The van der Waals surface area contributed by atoms with E-state index in [-0.39, 0.29) is 24.3 Å². The number of methoxy groups -OCH3 is 1. The number of aliphatic carboxylic acids is 1. The van der Waals surface area contributed by atoms with E-state index in [1.54, 1.807) is 13.8 Å². The summed E-state index contributed by atoms with van der Waals surface area (Å²) in [6.45, 7) is 2.95. The molecule has 0 aromatic heterocycles. The lowest BCUT2D eigenvalue weighted by Crippen LogP contribution is -2.43. The van der Waals surface area contributed by atoms with Crippen molar-refractivity contribution in [3.05, 3.63) is 24.3 Å². The lowest BCUT2D eigenvalue weighted by Gasteiger charge is -2.25. The van der Waals surface area contributed by atoms with Crippen molar-refractivity contribution in [3.8, 4) is 5.75 Å². The topological polar surface area (TPSA) is 119 Å². The summed E-state index contributed by atoms with van der Waals surface area (Å²) in [6.07, 6.45) is 0.0116. The van der Waals surface area contributed by atoms with E-state index in [1.807, 2.05) is 0 Å². The summed E-state index contributed by atoms with van der Waals surface area (Å²) >= 11 is 0. The Kier molecular flexibility index (Phi) is 6.73. The van der Waals surface area contributed by atoms with Crippen molar-refractivity contribution in [2.24, 2.45) is 0 Å². The second kappa shape index (κ2) is 8.11. The largest absolute Gasteiger partial charge is 0.482 e. The highest BCUT2D eigenvalue weighted by Crippen LogP contribution is 2.20. The molecule has 0 unspecified atom stereocenters. The third-order valence-corrected chi connectivity index (χ3v) is 4.81. The van der Waals surface area contributed by atoms with Gasteiger partial charge in [0.1, 0.15) is 5.75 Å². The first kappa shape index (κ1) is 19.9. The number of carboxylic acid groups (broad SMARTS) is 1. The Morgan fingerprint density at radius 3 is 2.29 bits per heavy atom. The number of sulfonamides is 1. The summed E-state index contributed by atoms with van der Waals surface area (Å²) in [5.41, 5.74) is -0.905. The van der Waals surface area contributed by atoms with Gasteiger partial charge in [0.2, 0.25) is 10.0 Å². The Morgan fingerprint density at radius 2 is 1.79 bits per heavy atom. The lowest BCUT2D eigenvalue weighted by atomic mass is 10.0. The molecule has 0 aliphatic carbocycles. The third kappa shape index (κ3) is 6.55. The highest BCUT2D eigenvalue weighted by atomic mass is 32.2. The number of rotatable bonds is 9. The minimum absolute atomic E-state index is 0.0105. The zero-order chi connectivity index (χ0) is 18.4. The predicted octanol–water partition coefficient (Wildman–Crippen LogP) is 1.16. The Hall–Kier alpha value is -2.13. The molecule has 134 valence electrons. The summed E-state index contributed by atoms with van der Waals surface area (Å²) in [4.78, 5) is 21.6. The van der Waals surface area contributed by atoms with Gasteiger partial charge in [-0.2, -0.15) is 0 Å². The van der Waals surface area contributed by atoms with Gasteiger partial charge < -0.3 is 14.6 Å². The maximum Gasteiger partial charge on any atom is 0.343 e. The summed E-state index contributed by atoms with van der Waals surface area (Å²) in [5.74, 6) is -1.22. The number of carbonyl (C=O) groups excluding carboxylic acids is 1. The first-order valence-corrected chi connectivity index (χ1v) is 8.59. The molecule has 8 nitrogen and oxygen atoms in total. The molecule has 24 heavy (non-hydrogen) atoms. The summed E-state index contributed by atoms with van der Waals surface area (Å²) in [5, 5.41) is 8.71. The molecule has 1 aromatic carbocycles. The third-order valence-electron chi connectivity index (χ3n) is 3.09. The monoisotopic (exact) mass is 359 g/mol. The van der Waals surface area contributed by atoms with Gasteiger partial charge in [-0.05, 0) is 44.5 Å². The second-order valence-electron chi connectivity index (χ2n) is 5.72. The molecule has 0 fully saturated rings. The Bertz CT molecular complexity index is 680. The van der Waals surface area contributed by atoms with E-state index >= 15 is 0 Å². The van der Waals surface area contributed by atoms with Gasteiger partial charge in [0, 0.05) is 12.0 Å². The molecule has 0 amide bonds. The van der Waals surface area contributed by atoms with Crippen LogP contribution in [0.2, 0.25) is 0 Å². The van der Waals surface area contributed by atoms with Crippen LogP contribution in [0.3, 0.4) is 0 Å². The van der Waals surface area contributed by atoms with Gasteiger partial charge in [0.25, 0.3) is 0 Å². The van der Waals surface area contributed by atoms with Gasteiger partial charge >= 0.3 is 11.9 Å². The molecule has 1 rings (SSSR count). The molecule has 0 aliphatic heterocycles. The molecular formula is C15H21NO7S. The number of hydrogen-bond donors (Lipinski definition) is 2.